The van der Waals surface area contributed by atoms with Gasteiger partial charge >= 0.3 is 0 Å². The molecule has 1 aliphatic carbocycles. The Bertz CT molecular complexity index is 673. The Morgan fingerprint density at radius 3 is 2.90 bits per heavy atom. The summed E-state index contributed by atoms with van der Waals surface area (Å²) in [6.07, 6.45) is 3.45. The van der Waals surface area contributed by atoms with E-state index < -0.39 is 0 Å². The van der Waals surface area contributed by atoms with Gasteiger partial charge in [0.15, 0.2) is 0 Å². The number of halogens is 1. The maximum Gasteiger partial charge on any atom is 0.101 e. The number of hydrogen-bond acceptors (Lipinski definition) is 2. The molecule has 0 heterocycles. The minimum absolute atomic E-state index is 0.299. The first kappa shape index (κ1) is 13.2. The first-order valence-corrected chi connectivity index (χ1v) is 7.61. The molecule has 0 fully saturated rings. The summed E-state index contributed by atoms with van der Waals surface area (Å²) in [6.45, 7) is 0. The fraction of sp³-hybridized carbons (Fsp3) is 0.235. The van der Waals surface area contributed by atoms with Gasteiger partial charge in [-0.25, -0.2) is 0 Å². The molecule has 3 heteroatoms. The van der Waals surface area contributed by atoms with Crippen molar-refractivity contribution in [3.63, 3.8) is 0 Å². The molecule has 1 atom stereocenters. The predicted octanol–water partition coefficient (Wildman–Crippen LogP) is 4.81. The van der Waals surface area contributed by atoms with Crippen LogP contribution in [0.15, 0.2) is 46.9 Å². The van der Waals surface area contributed by atoms with E-state index >= 15 is 0 Å². The Kier molecular flexibility index (Phi) is 3.75. The zero-order valence-electron chi connectivity index (χ0n) is 11.1. The molecule has 20 heavy (non-hydrogen) atoms. The van der Waals surface area contributed by atoms with Gasteiger partial charge < -0.3 is 5.32 Å². The molecule has 1 aliphatic rings. The second-order valence-electron chi connectivity index (χ2n) is 5.09. The number of nitrogens with zero attached hydrogens (tertiary/aromatic N) is 1. The molecule has 2 nitrogen and oxygen atoms in total. The molecule has 2 aromatic carbocycles. The second kappa shape index (κ2) is 5.68. The van der Waals surface area contributed by atoms with E-state index in [1.165, 1.54) is 17.5 Å². The number of nitriles is 1. The molecule has 100 valence electrons. The Hall–Kier alpha value is -1.79. The van der Waals surface area contributed by atoms with E-state index in [9.17, 15) is 5.26 Å². The Labute approximate surface area is 127 Å². The SMILES string of the molecule is N#Cc1cc(Br)ccc1NC1CCCc2ccccc21. The monoisotopic (exact) mass is 326 g/mol. The molecule has 0 saturated carbocycles. The molecule has 0 aromatic heterocycles. The number of hydrogen-bond donors (Lipinski definition) is 1. The van der Waals surface area contributed by atoms with Gasteiger partial charge in [-0.1, -0.05) is 40.2 Å². The lowest BCUT2D eigenvalue weighted by Crippen LogP contribution is -2.17. The Morgan fingerprint density at radius 1 is 1.20 bits per heavy atom. The molecule has 2 aromatic rings. The molecule has 0 bridgehead atoms. The third-order valence-electron chi connectivity index (χ3n) is 3.80. The Morgan fingerprint density at radius 2 is 2.05 bits per heavy atom. The molecule has 0 amide bonds. The Balaban J connectivity index is 1.92. The first-order valence-electron chi connectivity index (χ1n) is 6.82. The van der Waals surface area contributed by atoms with E-state index in [4.69, 9.17) is 0 Å². The van der Waals surface area contributed by atoms with Crippen LogP contribution in [0.2, 0.25) is 0 Å². The number of anilines is 1. The summed E-state index contributed by atoms with van der Waals surface area (Å²) in [5, 5.41) is 12.8. The van der Waals surface area contributed by atoms with Crippen molar-refractivity contribution in [2.45, 2.75) is 25.3 Å². The predicted molar refractivity (Wildman–Crippen MR) is 84.6 cm³/mol. The minimum Gasteiger partial charge on any atom is -0.377 e. The summed E-state index contributed by atoms with van der Waals surface area (Å²) in [4.78, 5) is 0. The van der Waals surface area contributed by atoms with E-state index in [0.717, 1.165) is 23.0 Å². The van der Waals surface area contributed by atoms with Crippen LogP contribution >= 0.6 is 15.9 Å². The normalized spacial score (nSPS) is 17.1. The van der Waals surface area contributed by atoms with Gasteiger partial charge in [0, 0.05) is 4.47 Å². The highest BCUT2D eigenvalue weighted by Gasteiger charge is 2.20. The molecule has 0 radical (unpaired) electrons. The highest BCUT2D eigenvalue weighted by atomic mass is 79.9. The molecule has 1 N–H and O–H groups in total. The van der Waals surface area contributed by atoms with E-state index in [-0.39, 0.29) is 0 Å². The van der Waals surface area contributed by atoms with Crippen LogP contribution < -0.4 is 5.32 Å². The van der Waals surface area contributed by atoms with E-state index in [1.807, 2.05) is 18.2 Å². The average molecular weight is 327 g/mol. The summed E-state index contributed by atoms with van der Waals surface area (Å²) >= 11 is 3.41. The van der Waals surface area contributed by atoms with Crippen molar-refractivity contribution in [2.75, 3.05) is 5.32 Å². The maximum atomic E-state index is 9.26. The summed E-state index contributed by atoms with van der Waals surface area (Å²) < 4.78 is 0.934. The highest BCUT2D eigenvalue weighted by molar-refractivity contribution is 9.10. The van der Waals surface area contributed by atoms with Gasteiger partial charge in [-0.15, -0.1) is 0 Å². The van der Waals surface area contributed by atoms with Crippen molar-refractivity contribution in [1.82, 2.24) is 0 Å². The van der Waals surface area contributed by atoms with Gasteiger partial charge in [-0.05, 0) is 48.6 Å². The van der Waals surface area contributed by atoms with Crippen molar-refractivity contribution in [3.8, 4) is 6.07 Å². The van der Waals surface area contributed by atoms with E-state index in [0.29, 0.717) is 11.6 Å². The number of nitrogens with one attached hydrogen (secondary N) is 1. The largest absolute Gasteiger partial charge is 0.377 e. The zero-order valence-corrected chi connectivity index (χ0v) is 12.7. The molecular weight excluding hydrogens is 312 g/mol. The van der Waals surface area contributed by atoms with Crippen molar-refractivity contribution in [2.24, 2.45) is 0 Å². The fourth-order valence-electron chi connectivity index (χ4n) is 2.83. The molecular formula is C17H15BrN2. The van der Waals surface area contributed by atoms with Crippen LogP contribution in [-0.2, 0) is 6.42 Å². The van der Waals surface area contributed by atoms with E-state index in [2.05, 4.69) is 51.6 Å². The van der Waals surface area contributed by atoms with Crippen LogP contribution in [0, 0.1) is 11.3 Å². The van der Waals surface area contributed by atoms with Gasteiger partial charge in [0.1, 0.15) is 6.07 Å². The summed E-state index contributed by atoms with van der Waals surface area (Å²) in [5.74, 6) is 0. The summed E-state index contributed by atoms with van der Waals surface area (Å²) in [5.41, 5.74) is 4.39. The topological polar surface area (TPSA) is 35.8 Å². The van der Waals surface area contributed by atoms with Gasteiger partial charge in [-0.2, -0.15) is 5.26 Å². The molecule has 0 aliphatic heterocycles. The van der Waals surface area contributed by atoms with Crippen LogP contribution in [0.3, 0.4) is 0 Å². The quantitative estimate of drug-likeness (QED) is 0.859. The van der Waals surface area contributed by atoms with Crippen molar-refractivity contribution < 1.29 is 0 Å². The zero-order chi connectivity index (χ0) is 13.9. The van der Waals surface area contributed by atoms with Crippen LogP contribution in [0.25, 0.3) is 0 Å². The lowest BCUT2D eigenvalue weighted by atomic mass is 9.87. The van der Waals surface area contributed by atoms with Crippen LogP contribution in [0.4, 0.5) is 5.69 Å². The van der Waals surface area contributed by atoms with Crippen LogP contribution in [-0.4, -0.2) is 0 Å². The lowest BCUT2D eigenvalue weighted by molar-refractivity contribution is 0.600. The minimum atomic E-state index is 0.299. The standard InChI is InChI=1S/C17H15BrN2/c18-14-8-9-16(13(10-14)11-19)20-17-7-3-5-12-4-1-2-6-15(12)17/h1-2,4,6,8-10,17,20H,3,5,7H2. The first-order chi connectivity index (χ1) is 9.78. The van der Waals surface area contributed by atoms with Gasteiger partial charge in [0.25, 0.3) is 0 Å². The lowest BCUT2D eigenvalue weighted by Gasteiger charge is -2.27. The van der Waals surface area contributed by atoms with Gasteiger partial charge in [-0.3, -0.25) is 0 Å². The number of benzene rings is 2. The average Bonchev–Trinajstić information content (AvgIpc) is 2.49. The number of aryl methyl sites for hydroxylation is 1. The second-order valence-corrected chi connectivity index (χ2v) is 6.01. The van der Waals surface area contributed by atoms with Crippen molar-refractivity contribution in [3.05, 3.63) is 63.6 Å². The summed E-state index contributed by atoms with van der Waals surface area (Å²) in [7, 11) is 0. The molecule has 0 spiro atoms. The van der Waals surface area contributed by atoms with Gasteiger partial charge in [0.2, 0.25) is 0 Å². The third kappa shape index (κ3) is 2.57. The molecule has 0 saturated heterocycles. The molecule has 3 rings (SSSR count). The van der Waals surface area contributed by atoms with Crippen molar-refractivity contribution in [1.29, 1.82) is 5.26 Å². The third-order valence-corrected chi connectivity index (χ3v) is 4.29. The van der Waals surface area contributed by atoms with Gasteiger partial charge in [0.05, 0.1) is 17.3 Å². The number of fused-ring (bicyclic) bond motifs is 1. The molecule has 1 unspecified atom stereocenters. The van der Waals surface area contributed by atoms with Crippen LogP contribution in [0.1, 0.15) is 35.6 Å². The summed E-state index contributed by atoms with van der Waals surface area (Å²) in [6, 6.07) is 16.9. The van der Waals surface area contributed by atoms with Crippen LogP contribution in [0.5, 0.6) is 0 Å². The smallest absolute Gasteiger partial charge is 0.101 e. The number of rotatable bonds is 2. The highest BCUT2D eigenvalue weighted by Crippen LogP contribution is 2.33. The maximum absolute atomic E-state index is 9.26. The van der Waals surface area contributed by atoms with E-state index in [1.54, 1.807) is 0 Å². The van der Waals surface area contributed by atoms with Crippen molar-refractivity contribution >= 4 is 21.6 Å². The fourth-order valence-corrected chi connectivity index (χ4v) is 3.19.